The van der Waals surface area contributed by atoms with Gasteiger partial charge in [0.05, 0.1) is 18.7 Å². The van der Waals surface area contributed by atoms with Crippen molar-refractivity contribution in [3.63, 3.8) is 0 Å². The predicted molar refractivity (Wildman–Crippen MR) is 142 cm³/mol. The Morgan fingerprint density at radius 3 is 2.47 bits per heavy atom. The Morgan fingerprint density at radius 1 is 1.06 bits per heavy atom. The summed E-state index contributed by atoms with van der Waals surface area (Å²) in [4.78, 5) is 27.2. The van der Waals surface area contributed by atoms with Crippen LogP contribution in [-0.2, 0) is 16.2 Å². The average molecular weight is 528 g/mol. The highest BCUT2D eigenvalue weighted by Gasteiger charge is 2.35. The molecule has 7 nitrogen and oxygen atoms in total. The van der Waals surface area contributed by atoms with Crippen molar-refractivity contribution in [1.82, 2.24) is 5.43 Å². The van der Waals surface area contributed by atoms with E-state index in [9.17, 15) is 9.59 Å². The fraction of sp³-hybridized carbons (Fsp3) is 0.259. The predicted octanol–water partition coefficient (Wildman–Crippen LogP) is 5.69. The number of carbonyl (C=O) groups is 2. The van der Waals surface area contributed by atoms with Gasteiger partial charge in [0.1, 0.15) is 6.61 Å². The molecule has 0 saturated carbocycles. The van der Waals surface area contributed by atoms with Gasteiger partial charge >= 0.3 is 0 Å². The van der Waals surface area contributed by atoms with E-state index in [4.69, 9.17) is 32.7 Å². The summed E-state index contributed by atoms with van der Waals surface area (Å²) in [6, 6.07) is 16.3. The Hall–Kier alpha value is -3.42. The van der Waals surface area contributed by atoms with Crippen molar-refractivity contribution in [1.29, 1.82) is 0 Å². The lowest BCUT2D eigenvalue weighted by Crippen LogP contribution is -2.36. The molecule has 0 bridgehead atoms. The number of hydrazine groups is 1. The van der Waals surface area contributed by atoms with E-state index in [0.29, 0.717) is 39.3 Å². The summed E-state index contributed by atoms with van der Waals surface area (Å²) in [7, 11) is 1.53. The first-order valence-electron chi connectivity index (χ1n) is 11.4. The van der Waals surface area contributed by atoms with E-state index >= 15 is 0 Å². The molecule has 0 aromatic heterocycles. The third-order valence-electron chi connectivity index (χ3n) is 6.24. The van der Waals surface area contributed by atoms with Gasteiger partial charge in [0.15, 0.2) is 11.5 Å². The van der Waals surface area contributed by atoms with Gasteiger partial charge in [-0.1, -0.05) is 41.4 Å². The SMILES string of the molecule is COc1cccc(NNC(=O)[C@@H]2CC(=O)N(c3ccc(C)c(C)c3)C2)c1OCc1c(Cl)cccc1Cl. The number of anilines is 2. The van der Waals surface area contributed by atoms with Gasteiger partial charge < -0.3 is 14.4 Å². The van der Waals surface area contributed by atoms with Crippen LogP contribution in [0.25, 0.3) is 0 Å². The van der Waals surface area contributed by atoms with E-state index in [0.717, 1.165) is 16.8 Å². The number of carbonyl (C=O) groups excluding carboxylic acids is 2. The maximum atomic E-state index is 12.9. The normalized spacial score (nSPS) is 15.1. The molecule has 4 rings (SSSR count). The van der Waals surface area contributed by atoms with Crippen molar-refractivity contribution in [3.05, 3.63) is 81.3 Å². The topological polar surface area (TPSA) is 79.9 Å². The van der Waals surface area contributed by atoms with Crippen molar-refractivity contribution in [2.24, 2.45) is 5.92 Å². The van der Waals surface area contributed by atoms with E-state index in [-0.39, 0.29) is 24.8 Å². The molecule has 1 fully saturated rings. The number of ether oxygens (including phenoxy) is 2. The first kappa shape index (κ1) is 25.7. The summed E-state index contributed by atoms with van der Waals surface area (Å²) in [5.74, 6) is -0.0218. The fourth-order valence-corrected chi connectivity index (χ4v) is 4.50. The number of nitrogens with one attached hydrogen (secondary N) is 2. The molecule has 0 spiro atoms. The summed E-state index contributed by atoms with van der Waals surface area (Å²) < 4.78 is 11.4. The van der Waals surface area contributed by atoms with Gasteiger partial charge in [-0.3, -0.25) is 20.4 Å². The van der Waals surface area contributed by atoms with Crippen LogP contribution >= 0.6 is 23.2 Å². The van der Waals surface area contributed by atoms with E-state index in [1.165, 1.54) is 7.11 Å². The molecule has 3 aromatic carbocycles. The zero-order chi connectivity index (χ0) is 25.8. The van der Waals surface area contributed by atoms with Crippen LogP contribution in [0, 0.1) is 19.8 Å². The number of benzene rings is 3. The van der Waals surface area contributed by atoms with E-state index in [1.807, 2.05) is 32.0 Å². The lowest BCUT2D eigenvalue weighted by Gasteiger charge is -2.19. The minimum atomic E-state index is -0.497. The van der Waals surface area contributed by atoms with Crippen molar-refractivity contribution >= 4 is 46.4 Å². The van der Waals surface area contributed by atoms with Crippen LogP contribution in [0.4, 0.5) is 11.4 Å². The highest BCUT2D eigenvalue weighted by Crippen LogP contribution is 2.37. The molecule has 0 unspecified atom stereocenters. The summed E-state index contributed by atoms with van der Waals surface area (Å²) >= 11 is 12.5. The quantitative estimate of drug-likeness (QED) is 0.367. The molecule has 0 aliphatic carbocycles. The molecule has 2 N–H and O–H groups in total. The zero-order valence-corrected chi connectivity index (χ0v) is 21.7. The molecule has 36 heavy (non-hydrogen) atoms. The first-order chi connectivity index (χ1) is 17.3. The average Bonchev–Trinajstić information content (AvgIpc) is 3.25. The summed E-state index contributed by atoms with van der Waals surface area (Å²) in [5.41, 5.74) is 9.80. The molecular formula is C27H27Cl2N3O4. The largest absolute Gasteiger partial charge is 0.493 e. The van der Waals surface area contributed by atoms with Gasteiger partial charge in [-0.15, -0.1) is 0 Å². The highest BCUT2D eigenvalue weighted by molar-refractivity contribution is 6.35. The van der Waals surface area contributed by atoms with Crippen molar-refractivity contribution in [2.75, 3.05) is 24.0 Å². The second-order valence-electron chi connectivity index (χ2n) is 8.61. The smallest absolute Gasteiger partial charge is 0.243 e. The van der Waals surface area contributed by atoms with Crippen LogP contribution in [0.3, 0.4) is 0 Å². The van der Waals surface area contributed by atoms with Crippen molar-refractivity contribution in [2.45, 2.75) is 26.9 Å². The maximum absolute atomic E-state index is 12.9. The van der Waals surface area contributed by atoms with Crippen LogP contribution in [-0.4, -0.2) is 25.5 Å². The molecule has 9 heteroatoms. The minimum absolute atomic E-state index is 0.0829. The van der Waals surface area contributed by atoms with Gasteiger partial charge in [0, 0.05) is 34.3 Å². The van der Waals surface area contributed by atoms with Crippen molar-refractivity contribution in [3.8, 4) is 11.5 Å². The van der Waals surface area contributed by atoms with Gasteiger partial charge in [0.25, 0.3) is 0 Å². The highest BCUT2D eigenvalue weighted by atomic mass is 35.5. The van der Waals surface area contributed by atoms with E-state index in [1.54, 1.807) is 41.3 Å². The maximum Gasteiger partial charge on any atom is 0.243 e. The fourth-order valence-electron chi connectivity index (χ4n) is 4.00. The lowest BCUT2D eigenvalue weighted by molar-refractivity contribution is -0.125. The number of halogens is 2. The number of hydrogen-bond acceptors (Lipinski definition) is 5. The van der Waals surface area contributed by atoms with Crippen LogP contribution in [0.2, 0.25) is 10.0 Å². The molecule has 0 radical (unpaired) electrons. The number of rotatable bonds is 8. The molecule has 1 saturated heterocycles. The number of amides is 2. The summed E-state index contributed by atoms with van der Waals surface area (Å²) in [6.07, 6.45) is 0.132. The number of nitrogens with zero attached hydrogens (tertiary/aromatic N) is 1. The van der Waals surface area contributed by atoms with E-state index < -0.39 is 5.92 Å². The monoisotopic (exact) mass is 527 g/mol. The van der Waals surface area contributed by atoms with E-state index in [2.05, 4.69) is 10.9 Å². The Labute approximate surface area is 220 Å². The van der Waals surface area contributed by atoms with Crippen LogP contribution in [0.5, 0.6) is 11.5 Å². The molecule has 1 aliphatic rings. The number of aryl methyl sites for hydroxylation is 2. The van der Waals surface area contributed by atoms with Gasteiger partial charge in [-0.05, 0) is 61.4 Å². The Bertz CT molecular complexity index is 1280. The standard InChI is InChI=1S/C27H27Cl2N3O4/c1-16-10-11-19(12-17(16)2)32-14-18(13-25(32)33)27(34)31-30-23-8-5-9-24(35-3)26(23)36-15-20-21(28)6-4-7-22(20)29/h4-12,18,30H,13-15H2,1-3H3,(H,31,34)/t18-/m1/s1. The molecule has 3 aromatic rings. The molecule has 2 amide bonds. The molecule has 1 atom stereocenters. The summed E-state index contributed by atoms with van der Waals surface area (Å²) in [6.45, 7) is 4.43. The lowest BCUT2D eigenvalue weighted by atomic mass is 10.1. The molecule has 1 heterocycles. The number of para-hydroxylation sites is 1. The first-order valence-corrected chi connectivity index (χ1v) is 12.2. The molecule has 188 valence electrons. The third kappa shape index (κ3) is 5.53. The zero-order valence-electron chi connectivity index (χ0n) is 20.2. The van der Waals surface area contributed by atoms with Crippen LogP contribution < -0.4 is 25.2 Å². The molecule has 1 aliphatic heterocycles. The number of hydrogen-bond donors (Lipinski definition) is 2. The van der Waals surface area contributed by atoms with Crippen molar-refractivity contribution < 1.29 is 19.1 Å². The summed E-state index contributed by atoms with van der Waals surface area (Å²) in [5, 5.41) is 0.971. The third-order valence-corrected chi connectivity index (χ3v) is 6.95. The van der Waals surface area contributed by atoms with Gasteiger partial charge in [-0.2, -0.15) is 0 Å². The Morgan fingerprint density at radius 2 is 1.78 bits per heavy atom. The second-order valence-corrected chi connectivity index (χ2v) is 9.43. The minimum Gasteiger partial charge on any atom is -0.493 e. The molecular weight excluding hydrogens is 501 g/mol. The van der Waals surface area contributed by atoms with Gasteiger partial charge in [-0.25, -0.2) is 0 Å². The number of methoxy groups -OCH3 is 1. The van der Waals surface area contributed by atoms with Crippen LogP contribution in [0.1, 0.15) is 23.1 Å². The van der Waals surface area contributed by atoms with Crippen LogP contribution in [0.15, 0.2) is 54.6 Å². The Kier molecular flexibility index (Phi) is 7.91. The van der Waals surface area contributed by atoms with Gasteiger partial charge in [0.2, 0.25) is 11.8 Å². The Balaban J connectivity index is 1.44. The second kappa shape index (κ2) is 11.1.